The minimum Gasteiger partial charge on any atom is -0.254 e. The molecule has 0 amide bonds. The Balaban J connectivity index is 2.19. The monoisotopic (exact) mass is 112 g/mol. The molecule has 1 aliphatic heterocycles. The van der Waals surface area contributed by atoms with E-state index in [2.05, 4.69) is 17.8 Å². The normalized spacial score (nSPS) is 52.9. The first-order chi connectivity index (χ1) is 3.79. The second-order valence-electron chi connectivity index (χ2n) is 3.27. The van der Waals surface area contributed by atoms with Crippen LogP contribution in [0.1, 0.15) is 26.2 Å². The number of nitrogens with one attached hydrogen (secondary N) is 2. The minimum absolute atomic E-state index is 0.449. The molecule has 0 aromatic rings. The summed E-state index contributed by atoms with van der Waals surface area (Å²) in [7, 11) is 0. The van der Waals surface area contributed by atoms with Gasteiger partial charge in [-0.05, 0) is 26.2 Å². The molecule has 2 N–H and O–H groups in total. The molecule has 2 unspecified atom stereocenters. The van der Waals surface area contributed by atoms with Crippen LogP contribution in [0.25, 0.3) is 0 Å². The maximum absolute atomic E-state index is 3.28. The van der Waals surface area contributed by atoms with Gasteiger partial charge in [0.15, 0.2) is 0 Å². The molecule has 8 heavy (non-hydrogen) atoms. The van der Waals surface area contributed by atoms with Crippen LogP contribution >= 0.6 is 0 Å². The SMILES string of the molecule is CC12CCC(C1)NN2. The maximum Gasteiger partial charge on any atom is 0.0311 e. The summed E-state index contributed by atoms with van der Waals surface area (Å²) in [6.07, 6.45) is 4.04. The number of fused-ring (bicyclic) bond motifs is 2. The molecule has 2 nitrogen and oxygen atoms in total. The van der Waals surface area contributed by atoms with Gasteiger partial charge < -0.3 is 0 Å². The standard InChI is InChI=1S/C6H12N2/c1-6-3-2-5(4-6)7-8-6/h5,7-8H,2-4H2,1H3. The van der Waals surface area contributed by atoms with Crippen LogP contribution < -0.4 is 10.9 Å². The van der Waals surface area contributed by atoms with Gasteiger partial charge >= 0.3 is 0 Å². The zero-order valence-electron chi connectivity index (χ0n) is 5.20. The average Bonchev–Trinajstić information content (AvgIpc) is 2.21. The van der Waals surface area contributed by atoms with Gasteiger partial charge in [0.25, 0.3) is 0 Å². The fourth-order valence-electron chi connectivity index (χ4n) is 1.75. The first kappa shape index (κ1) is 4.77. The third-order valence-electron chi connectivity index (χ3n) is 2.32. The molecule has 1 heterocycles. The Kier molecular flexibility index (Phi) is 0.746. The second kappa shape index (κ2) is 1.25. The zero-order chi connectivity index (χ0) is 5.61. The van der Waals surface area contributed by atoms with E-state index >= 15 is 0 Å². The van der Waals surface area contributed by atoms with Crippen molar-refractivity contribution in [1.29, 1.82) is 0 Å². The van der Waals surface area contributed by atoms with Crippen LogP contribution in [0.2, 0.25) is 0 Å². The number of hydrazine groups is 1. The molecule has 2 rings (SSSR count). The summed E-state index contributed by atoms with van der Waals surface area (Å²) in [5.41, 5.74) is 6.98. The van der Waals surface area contributed by atoms with Crippen LogP contribution in [0.3, 0.4) is 0 Å². The van der Waals surface area contributed by atoms with Crippen LogP contribution in [-0.2, 0) is 0 Å². The van der Waals surface area contributed by atoms with E-state index in [1.165, 1.54) is 19.3 Å². The fourth-order valence-corrected chi connectivity index (χ4v) is 1.75. The van der Waals surface area contributed by atoms with Gasteiger partial charge in [0, 0.05) is 11.6 Å². The summed E-state index contributed by atoms with van der Waals surface area (Å²) in [6, 6.07) is 0.778. The van der Waals surface area contributed by atoms with Gasteiger partial charge in [-0.15, -0.1) is 0 Å². The van der Waals surface area contributed by atoms with Gasteiger partial charge in [-0.2, -0.15) is 0 Å². The van der Waals surface area contributed by atoms with Crippen molar-refractivity contribution in [3.05, 3.63) is 0 Å². The molecule has 0 aromatic heterocycles. The first-order valence-corrected chi connectivity index (χ1v) is 3.31. The van der Waals surface area contributed by atoms with Gasteiger partial charge in [0.2, 0.25) is 0 Å². The molecule has 2 bridgehead atoms. The van der Waals surface area contributed by atoms with Crippen LogP contribution in [0.4, 0.5) is 0 Å². The van der Waals surface area contributed by atoms with Gasteiger partial charge in [-0.1, -0.05) is 0 Å². The lowest BCUT2D eigenvalue weighted by Crippen LogP contribution is -2.44. The molecular formula is C6H12N2. The van der Waals surface area contributed by atoms with E-state index in [9.17, 15) is 0 Å². The van der Waals surface area contributed by atoms with Crippen LogP contribution in [0, 0.1) is 0 Å². The van der Waals surface area contributed by atoms with E-state index in [0.717, 1.165) is 6.04 Å². The topological polar surface area (TPSA) is 24.1 Å². The predicted molar refractivity (Wildman–Crippen MR) is 32.3 cm³/mol. The third kappa shape index (κ3) is 0.501. The number of hydrogen-bond acceptors (Lipinski definition) is 2. The van der Waals surface area contributed by atoms with Crippen LogP contribution in [0.5, 0.6) is 0 Å². The summed E-state index contributed by atoms with van der Waals surface area (Å²) in [4.78, 5) is 0. The van der Waals surface area contributed by atoms with Crippen molar-refractivity contribution in [2.24, 2.45) is 0 Å². The fraction of sp³-hybridized carbons (Fsp3) is 1.00. The van der Waals surface area contributed by atoms with Crippen molar-refractivity contribution < 1.29 is 0 Å². The Labute approximate surface area is 49.6 Å². The van der Waals surface area contributed by atoms with Gasteiger partial charge in [0.05, 0.1) is 0 Å². The largest absolute Gasteiger partial charge is 0.254 e. The smallest absolute Gasteiger partial charge is 0.0311 e. The first-order valence-electron chi connectivity index (χ1n) is 3.31. The zero-order valence-corrected chi connectivity index (χ0v) is 5.20. The van der Waals surface area contributed by atoms with Crippen molar-refractivity contribution in [2.45, 2.75) is 37.8 Å². The highest BCUT2D eigenvalue weighted by molar-refractivity contribution is 4.99. The number of rotatable bonds is 0. The van der Waals surface area contributed by atoms with E-state index in [1.54, 1.807) is 0 Å². The van der Waals surface area contributed by atoms with E-state index in [4.69, 9.17) is 0 Å². The Bertz CT molecular complexity index is 103. The predicted octanol–water partition coefficient (Wildman–Crippen LogP) is 0.405. The Morgan fingerprint density at radius 1 is 1.62 bits per heavy atom. The molecule has 46 valence electrons. The highest BCUT2D eigenvalue weighted by Gasteiger charge is 2.40. The number of hydrogen-bond donors (Lipinski definition) is 2. The highest BCUT2D eigenvalue weighted by atomic mass is 15.4. The minimum atomic E-state index is 0.449. The van der Waals surface area contributed by atoms with E-state index in [1.807, 2.05) is 0 Å². The summed E-state index contributed by atoms with van der Waals surface area (Å²) < 4.78 is 0. The van der Waals surface area contributed by atoms with Gasteiger partial charge in [-0.3, -0.25) is 10.9 Å². The Morgan fingerprint density at radius 2 is 2.50 bits per heavy atom. The molecule has 1 saturated heterocycles. The Hall–Kier alpha value is -0.0800. The van der Waals surface area contributed by atoms with Crippen molar-refractivity contribution in [2.75, 3.05) is 0 Å². The lowest BCUT2D eigenvalue weighted by atomic mass is 10.0. The van der Waals surface area contributed by atoms with Gasteiger partial charge in [0.1, 0.15) is 0 Å². The van der Waals surface area contributed by atoms with Crippen molar-refractivity contribution in [3.8, 4) is 0 Å². The molecule has 2 heteroatoms. The molecule has 0 aromatic carbocycles. The summed E-state index contributed by atoms with van der Waals surface area (Å²) >= 11 is 0. The molecule has 2 fully saturated rings. The summed E-state index contributed by atoms with van der Waals surface area (Å²) in [5, 5.41) is 0. The molecule has 1 aliphatic carbocycles. The van der Waals surface area contributed by atoms with Crippen molar-refractivity contribution in [1.82, 2.24) is 10.9 Å². The molecular weight excluding hydrogens is 100 g/mol. The molecule has 0 radical (unpaired) electrons. The van der Waals surface area contributed by atoms with Crippen LogP contribution in [0.15, 0.2) is 0 Å². The van der Waals surface area contributed by atoms with E-state index < -0.39 is 0 Å². The molecule has 0 spiro atoms. The summed E-state index contributed by atoms with van der Waals surface area (Å²) in [6.45, 7) is 2.28. The molecule has 1 saturated carbocycles. The van der Waals surface area contributed by atoms with Gasteiger partial charge in [-0.25, -0.2) is 0 Å². The lowest BCUT2D eigenvalue weighted by molar-refractivity contribution is 0.343. The maximum atomic E-state index is 3.28. The quantitative estimate of drug-likeness (QED) is 0.474. The molecule has 2 aliphatic rings. The summed E-state index contributed by atoms with van der Waals surface area (Å²) in [5.74, 6) is 0. The van der Waals surface area contributed by atoms with Crippen molar-refractivity contribution in [3.63, 3.8) is 0 Å². The van der Waals surface area contributed by atoms with Crippen LogP contribution in [-0.4, -0.2) is 11.6 Å². The highest BCUT2D eigenvalue weighted by Crippen LogP contribution is 2.32. The van der Waals surface area contributed by atoms with E-state index in [-0.39, 0.29) is 0 Å². The van der Waals surface area contributed by atoms with E-state index in [0.29, 0.717) is 5.54 Å². The molecule has 2 atom stereocenters. The third-order valence-corrected chi connectivity index (χ3v) is 2.32. The van der Waals surface area contributed by atoms with Crippen molar-refractivity contribution >= 4 is 0 Å². The average molecular weight is 112 g/mol. The second-order valence-corrected chi connectivity index (χ2v) is 3.27. The Morgan fingerprint density at radius 3 is 2.62 bits per heavy atom. The lowest BCUT2D eigenvalue weighted by Gasteiger charge is -2.21.